The van der Waals surface area contributed by atoms with E-state index < -0.39 is 0 Å². The summed E-state index contributed by atoms with van der Waals surface area (Å²) < 4.78 is 0. The minimum atomic E-state index is 0.0571. The number of amides is 1. The second kappa shape index (κ2) is 7.15. The molecule has 4 rings (SSSR count). The Kier molecular flexibility index (Phi) is 4.54. The van der Waals surface area contributed by atoms with Crippen molar-refractivity contribution < 1.29 is 4.79 Å². The molecule has 0 spiro atoms. The van der Waals surface area contributed by atoms with Gasteiger partial charge in [-0.25, -0.2) is 9.97 Å². The monoisotopic (exact) mass is 359 g/mol. The van der Waals surface area contributed by atoms with Crippen LogP contribution in [0.25, 0.3) is 11.3 Å². The molecule has 1 saturated heterocycles. The molecule has 1 fully saturated rings. The molecule has 0 radical (unpaired) electrons. The van der Waals surface area contributed by atoms with Crippen LogP contribution in [0.15, 0.2) is 55.0 Å². The molecule has 136 valence electrons. The maximum atomic E-state index is 12.8. The van der Waals surface area contributed by atoms with Crippen molar-refractivity contribution in [3.05, 3.63) is 66.1 Å². The van der Waals surface area contributed by atoms with Crippen LogP contribution in [-0.4, -0.2) is 40.5 Å². The summed E-state index contributed by atoms with van der Waals surface area (Å²) in [4.78, 5) is 29.7. The first kappa shape index (κ1) is 17.1. The van der Waals surface area contributed by atoms with Gasteiger partial charge < -0.3 is 9.80 Å². The normalized spacial score (nSPS) is 14.5. The molecule has 6 heteroatoms. The number of carbonyl (C=O) groups excluding carboxylic acids is 1. The summed E-state index contributed by atoms with van der Waals surface area (Å²) in [7, 11) is 0. The van der Waals surface area contributed by atoms with Gasteiger partial charge in [-0.15, -0.1) is 0 Å². The second-order valence-corrected chi connectivity index (χ2v) is 6.80. The van der Waals surface area contributed by atoms with E-state index in [1.54, 1.807) is 18.6 Å². The van der Waals surface area contributed by atoms with Crippen molar-refractivity contribution in [2.45, 2.75) is 13.8 Å². The van der Waals surface area contributed by atoms with Crippen molar-refractivity contribution in [1.29, 1.82) is 0 Å². The fourth-order valence-electron chi connectivity index (χ4n) is 3.40. The summed E-state index contributed by atoms with van der Waals surface area (Å²) in [5, 5.41) is 0. The Morgan fingerprint density at radius 1 is 1.00 bits per heavy atom. The summed E-state index contributed by atoms with van der Waals surface area (Å²) >= 11 is 0. The lowest BCUT2D eigenvalue weighted by Gasteiger charge is -2.34. The predicted octanol–water partition coefficient (Wildman–Crippen LogP) is 3.01. The highest BCUT2D eigenvalue weighted by atomic mass is 16.2. The van der Waals surface area contributed by atoms with Crippen LogP contribution in [0.4, 0.5) is 11.6 Å². The fourth-order valence-corrected chi connectivity index (χ4v) is 3.40. The quantitative estimate of drug-likeness (QED) is 0.719. The van der Waals surface area contributed by atoms with Crippen molar-refractivity contribution >= 4 is 17.5 Å². The number of anilines is 2. The predicted molar refractivity (Wildman–Crippen MR) is 106 cm³/mol. The molecule has 0 atom stereocenters. The van der Waals surface area contributed by atoms with Crippen LogP contribution in [0.2, 0.25) is 0 Å². The number of piperazine rings is 1. The first-order chi connectivity index (χ1) is 13.1. The molecule has 27 heavy (non-hydrogen) atoms. The smallest absolute Gasteiger partial charge is 0.246 e. The molecule has 6 nitrogen and oxygen atoms in total. The Balaban J connectivity index is 1.54. The minimum absolute atomic E-state index is 0.0571. The fraction of sp³-hybridized carbons (Fsp3) is 0.238. The van der Waals surface area contributed by atoms with E-state index in [0.29, 0.717) is 19.0 Å². The standard InChI is InChI=1S/C21H21N5O/c1-15-10-16(2)12-18(11-15)26-9-8-25(14-20(26)27)21-23-7-5-19(24-21)17-4-3-6-22-13-17/h3-7,10-13H,8-9,14H2,1-2H3. The van der Waals surface area contributed by atoms with Crippen molar-refractivity contribution in [2.24, 2.45) is 0 Å². The maximum absolute atomic E-state index is 12.8. The van der Waals surface area contributed by atoms with Crippen LogP contribution in [0.3, 0.4) is 0 Å². The Morgan fingerprint density at radius 3 is 2.52 bits per heavy atom. The number of hydrogen-bond donors (Lipinski definition) is 0. The lowest BCUT2D eigenvalue weighted by molar-refractivity contribution is -0.117. The zero-order chi connectivity index (χ0) is 18.8. The van der Waals surface area contributed by atoms with Gasteiger partial charge in [0.05, 0.1) is 5.69 Å². The molecule has 1 aromatic carbocycles. The van der Waals surface area contributed by atoms with Gasteiger partial charge >= 0.3 is 0 Å². The molecular formula is C21H21N5O. The van der Waals surface area contributed by atoms with E-state index in [2.05, 4.69) is 47.0 Å². The second-order valence-electron chi connectivity index (χ2n) is 6.80. The van der Waals surface area contributed by atoms with Gasteiger partial charge in [0.1, 0.15) is 6.54 Å². The molecule has 3 aromatic rings. The van der Waals surface area contributed by atoms with Crippen LogP contribution < -0.4 is 9.80 Å². The topological polar surface area (TPSA) is 62.2 Å². The van der Waals surface area contributed by atoms with E-state index in [1.807, 2.05) is 28.0 Å². The molecule has 1 aliphatic rings. The number of rotatable bonds is 3. The summed E-state index contributed by atoms with van der Waals surface area (Å²) in [5.41, 5.74) is 5.02. The molecule has 1 amide bonds. The maximum Gasteiger partial charge on any atom is 0.246 e. The molecule has 0 bridgehead atoms. The van der Waals surface area contributed by atoms with Gasteiger partial charge in [-0.2, -0.15) is 0 Å². The van der Waals surface area contributed by atoms with Crippen LogP contribution in [0.1, 0.15) is 11.1 Å². The number of aryl methyl sites for hydroxylation is 2. The molecule has 0 saturated carbocycles. The number of hydrogen-bond acceptors (Lipinski definition) is 5. The van der Waals surface area contributed by atoms with Gasteiger partial charge in [0.15, 0.2) is 0 Å². The van der Waals surface area contributed by atoms with E-state index in [9.17, 15) is 4.79 Å². The van der Waals surface area contributed by atoms with Gasteiger partial charge in [0, 0.05) is 42.9 Å². The van der Waals surface area contributed by atoms with Gasteiger partial charge in [-0.1, -0.05) is 6.07 Å². The van der Waals surface area contributed by atoms with E-state index in [1.165, 1.54) is 0 Å². The molecular weight excluding hydrogens is 338 g/mol. The third-order valence-electron chi connectivity index (χ3n) is 4.62. The highest BCUT2D eigenvalue weighted by Gasteiger charge is 2.27. The van der Waals surface area contributed by atoms with Gasteiger partial charge in [-0.05, 0) is 55.3 Å². The summed E-state index contributed by atoms with van der Waals surface area (Å²) in [6, 6.07) is 11.9. The van der Waals surface area contributed by atoms with E-state index in [4.69, 9.17) is 0 Å². The third-order valence-corrected chi connectivity index (χ3v) is 4.62. The molecule has 2 aromatic heterocycles. The zero-order valence-corrected chi connectivity index (χ0v) is 15.5. The SMILES string of the molecule is Cc1cc(C)cc(N2CCN(c3nccc(-c4cccnc4)n3)CC2=O)c1. The molecule has 0 aliphatic carbocycles. The zero-order valence-electron chi connectivity index (χ0n) is 15.5. The number of carbonyl (C=O) groups is 1. The lowest BCUT2D eigenvalue weighted by Crippen LogP contribution is -2.51. The average molecular weight is 359 g/mol. The van der Waals surface area contributed by atoms with Crippen LogP contribution >= 0.6 is 0 Å². The Hall–Kier alpha value is -3.28. The van der Waals surface area contributed by atoms with Gasteiger partial charge in [0.25, 0.3) is 0 Å². The number of aromatic nitrogens is 3. The number of nitrogens with zero attached hydrogens (tertiary/aromatic N) is 5. The van der Waals surface area contributed by atoms with E-state index >= 15 is 0 Å². The van der Waals surface area contributed by atoms with Crippen molar-refractivity contribution in [3.63, 3.8) is 0 Å². The van der Waals surface area contributed by atoms with Crippen LogP contribution in [0.5, 0.6) is 0 Å². The summed E-state index contributed by atoms with van der Waals surface area (Å²) in [5.74, 6) is 0.631. The lowest BCUT2D eigenvalue weighted by atomic mass is 10.1. The Morgan fingerprint density at radius 2 is 1.81 bits per heavy atom. The van der Waals surface area contributed by atoms with Crippen LogP contribution in [-0.2, 0) is 4.79 Å². The summed E-state index contributed by atoms with van der Waals surface area (Å²) in [6.07, 6.45) is 5.23. The first-order valence-corrected chi connectivity index (χ1v) is 8.97. The number of pyridine rings is 1. The van der Waals surface area contributed by atoms with Crippen LogP contribution in [0, 0.1) is 13.8 Å². The highest BCUT2D eigenvalue weighted by molar-refractivity contribution is 5.97. The molecule has 0 unspecified atom stereocenters. The van der Waals surface area contributed by atoms with Gasteiger partial charge in [-0.3, -0.25) is 9.78 Å². The number of benzene rings is 1. The molecule has 0 N–H and O–H groups in total. The van der Waals surface area contributed by atoms with E-state index in [-0.39, 0.29) is 12.5 Å². The van der Waals surface area contributed by atoms with Gasteiger partial charge in [0.2, 0.25) is 11.9 Å². The first-order valence-electron chi connectivity index (χ1n) is 8.97. The highest BCUT2D eigenvalue weighted by Crippen LogP contribution is 2.23. The average Bonchev–Trinajstić information content (AvgIpc) is 2.68. The van der Waals surface area contributed by atoms with E-state index in [0.717, 1.165) is 28.1 Å². The van der Waals surface area contributed by atoms with Crippen molar-refractivity contribution in [2.75, 3.05) is 29.4 Å². The third kappa shape index (κ3) is 3.65. The molecule has 3 heterocycles. The largest absolute Gasteiger partial charge is 0.330 e. The van der Waals surface area contributed by atoms with Crippen molar-refractivity contribution in [1.82, 2.24) is 15.0 Å². The molecule has 1 aliphatic heterocycles. The van der Waals surface area contributed by atoms with Crippen molar-refractivity contribution in [3.8, 4) is 11.3 Å². The Bertz CT molecular complexity index is 953. The minimum Gasteiger partial charge on any atom is -0.330 e. The Labute approximate surface area is 158 Å². The summed E-state index contributed by atoms with van der Waals surface area (Å²) in [6.45, 7) is 5.67.